The average molecular weight is 337 g/mol. The number of rotatable bonds is 3. The molecule has 0 aliphatic heterocycles. The van der Waals surface area contributed by atoms with E-state index < -0.39 is 6.10 Å². The molecule has 0 fully saturated rings. The van der Waals surface area contributed by atoms with Gasteiger partial charge in [-0.1, -0.05) is 45.7 Å². The molecule has 0 aliphatic rings. The largest absolute Gasteiger partial charge is 0.391 e. The van der Waals surface area contributed by atoms with E-state index in [9.17, 15) is 5.11 Å². The summed E-state index contributed by atoms with van der Waals surface area (Å²) < 4.78 is 1.89. The van der Waals surface area contributed by atoms with E-state index in [1.807, 2.05) is 32.0 Å². The Balaban J connectivity index is 2.99. The second-order valence-electron chi connectivity index (χ2n) is 3.93. The monoisotopic (exact) mass is 335 g/mol. The van der Waals surface area contributed by atoms with E-state index in [1.165, 1.54) is 0 Å². The van der Waals surface area contributed by atoms with Crippen LogP contribution in [0.2, 0.25) is 0 Å². The van der Waals surface area contributed by atoms with Crippen molar-refractivity contribution in [3.05, 3.63) is 32.7 Å². The van der Waals surface area contributed by atoms with Crippen molar-refractivity contribution in [3.63, 3.8) is 0 Å². The van der Waals surface area contributed by atoms with Crippen LogP contribution in [0.15, 0.2) is 27.1 Å². The third-order valence-corrected chi connectivity index (χ3v) is 3.58. The maximum atomic E-state index is 9.90. The minimum Gasteiger partial charge on any atom is -0.391 e. The first-order chi connectivity index (χ1) is 6.93. The second-order valence-corrected chi connectivity index (χ2v) is 5.70. The van der Waals surface area contributed by atoms with Gasteiger partial charge < -0.3 is 10.8 Å². The van der Waals surface area contributed by atoms with Crippen LogP contribution in [0.25, 0.3) is 0 Å². The number of aliphatic hydroxyl groups excluding tert-OH is 1. The van der Waals surface area contributed by atoms with Gasteiger partial charge in [-0.15, -0.1) is 0 Å². The maximum absolute atomic E-state index is 9.90. The predicted octanol–water partition coefficient (Wildman–Crippen LogP) is 3.23. The molecule has 0 aromatic heterocycles. The van der Waals surface area contributed by atoms with E-state index in [0.29, 0.717) is 0 Å². The van der Waals surface area contributed by atoms with Gasteiger partial charge in [-0.05, 0) is 29.7 Å². The van der Waals surface area contributed by atoms with Gasteiger partial charge in [-0.2, -0.15) is 0 Å². The van der Waals surface area contributed by atoms with E-state index in [0.717, 1.165) is 14.5 Å². The van der Waals surface area contributed by atoms with Gasteiger partial charge in [0, 0.05) is 8.95 Å². The Morgan fingerprint density at radius 2 is 1.87 bits per heavy atom. The first-order valence-corrected chi connectivity index (χ1v) is 6.40. The molecule has 0 unspecified atom stereocenters. The molecule has 0 spiro atoms. The quantitative estimate of drug-likeness (QED) is 0.890. The lowest BCUT2D eigenvalue weighted by Crippen LogP contribution is -2.30. The smallest absolute Gasteiger partial charge is 0.0756 e. The molecule has 84 valence electrons. The van der Waals surface area contributed by atoms with Crippen LogP contribution in [0.1, 0.15) is 25.5 Å². The maximum Gasteiger partial charge on any atom is 0.0756 e. The van der Waals surface area contributed by atoms with Crippen molar-refractivity contribution in [1.29, 1.82) is 0 Å². The summed E-state index contributed by atoms with van der Waals surface area (Å²) in [6, 6.07) is 5.42. The van der Waals surface area contributed by atoms with Crippen LogP contribution in [0.4, 0.5) is 0 Å². The van der Waals surface area contributed by atoms with E-state index in [1.54, 1.807) is 0 Å². The van der Waals surface area contributed by atoms with Gasteiger partial charge in [0.1, 0.15) is 0 Å². The first-order valence-electron chi connectivity index (χ1n) is 4.82. The molecule has 0 aliphatic carbocycles. The number of aliphatic hydroxyl groups is 1. The molecule has 2 atom stereocenters. The van der Waals surface area contributed by atoms with Crippen molar-refractivity contribution >= 4 is 31.9 Å². The third kappa shape index (κ3) is 3.28. The summed E-state index contributed by atoms with van der Waals surface area (Å²) >= 11 is 6.83. The summed E-state index contributed by atoms with van der Waals surface area (Å²) in [6.07, 6.45) is -0.532. The van der Waals surface area contributed by atoms with Gasteiger partial charge in [0.25, 0.3) is 0 Å². The fourth-order valence-corrected chi connectivity index (χ4v) is 2.26. The van der Waals surface area contributed by atoms with E-state index in [4.69, 9.17) is 5.73 Å². The van der Waals surface area contributed by atoms with Crippen molar-refractivity contribution in [2.75, 3.05) is 0 Å². The van der Waals surface area contributed by atoms with Crippen molar-refractivity contribution < 1.29 is 5.11 Å². The predicted molar refractivity (Wildman–Crippen MR) is 69.6 cm³/mol. The van der Waals surface area contributed by atoms with Gasteiger partial charge >= 0.3 is 0 Å². The fraction of sp³-hybridized carbons (Fsp3) is 0.455. The van der Waals surface area contributed by atoms with Crippen LogP contribution in [0.5, 0.6) is 0 Å². The molecule has 0 heterocycles. The molecule has 2 nitrogen and oxygen atoms in total. The molecular formula is C11H15Br2NO. The van der Waals surface area contributed by atoms with Crippen LogP contribution in [-0.4, -0.2) is 11.2 Å². The Morgan fingerprint density at radius 1 is 1.27 bits per heavy atom. The SMILES string of the molecule is CC(C)[C@@H](O)[C@@H](N)c1cc(Br)ccc1Br. The Labute approximate surface area is 107 Å². The summed E-state index contributed by atoms with van der Waals surface area (Å²) in [6.45, 7) is 3.91. The normalized spacial score (nSPS) is 15.4. The molecule has 1 rings (SSSR count). The topological polar surface area (TPSA) is 46.2 Å². The standard InChI is InChI=1S/C11H15Br2NO/c1-6(2)11(15)10(14)8-5-7(12)3-4-9(8)13/h3-6,10-11,15H,14H2,1-2H3/t10-,11+/m0/s1. The molecule has 0 bridgehead atoms. The summed E-state index contributed by atoms with van der Waals surface area (Å²) in [5.74, 6) is 0.144. The van der Waals surface area contributed by atoms with Crippen LogP contribution in [0.3, 0.4) is 0 Å². The fourth-order valence-electron chi connectivity index (χ4n) is 1.37. The Kier molecular flexibility index (Phi) is 4.77. The molecule has 0 amide bonds. The third-order valence-electron chi connectivity index (χ3n) is 2.37. The van der Waals surface area contributed by atoms with Crippen molar-refractivity contribution in [2.45, 2.75) is 26.0 Å². The zero-order valence-electron chi connectivity index (χ0n) is 8.74. The molecule has 0 radical (unpaired) electrons. The van der Waals surface area contributed by atoms with Crippen molar-refractivity contribution in [2.24, 2.45) is 11.7 Å². The van der Waals surface area contributed by atoms with Crippen LogP contribution in [0, 0.1) is 5.92 Å². The van der Waals surface area contributed by atoms with E-state index in [-0.39, 0.29) is 12.0 Å². The van der Waals surface area contributed by atoms with Gasteiger partial charge in [-0.25, -0.2) is 0 Å². The van der Waals surface area contributed by atoms with Crippen LogP contribution >= 0.6 is 31.9 Å². The molecule has 1 aromatic rings. The first kappa shape index (κ1) is 13.2. The zero-order chi connectivity index (χ0) is 11.6. The summed E-state index contributed by atoms with van der Waals surface area (Å²) in [4.78, 5) is 0. The van der Waals surface area contributed by atoms with Crippen LogP contribution < -0.4 is 5.73 Å². The molecular weight excluding hydrogens is 322 g/mol. The highest BCUT2D eigenvalue weighted by atomic mass is 79.9. The van der Waals surface area contributed by atoms with E-state index >= 15 is 0 Å². The van der Waals surface area contributed by atoms with Gasteiger partial charge in [-0.3, -0.25) is 0 Å². The van der Waals surface area contributed by atoms with Crippen molar-refractivity contribution in [3.8, 4) is 0 Å². The Bertz CT molecular complexity index is 341. The summed E-state index contributed by atoms with van der Waals surface area (Å²) in [7, 11) is 0. The Morgan fingerprint density at radius 3 is 2.40 bits per heavy atom. The lowest BCUT2D eigenvalue weighted by Gasteiger charge is -2.23. The van der Waals surface area contributed by atoms with Gasteiger partial charge in [0.05, 0.1) is 12.1 Å². The lowest BCUT2D eigenvalue weighted by atomic mass is 9.94. The Hall–Kier alpha value is 0.1000. The number of nitrogens with two attached hydrogens (primary N) is 1. The van der Waals surface area contributed by atoms with Crippen LogP contribution in [-0.2, 0) is 0 Å². The highest BCUT2D eigenvalue weighted by molar-refractivity contribution is 9.11. The molecule has 1 aromatic carbocycles. The highest BCUT2D eigenvalue weighted by Crippen LogP contribution is 2.29. The second kappa shape index (κ2) is 5.43. The average Bonchev–Trinajstić information content (AvgIpc) is 2.19. The zero-order valence-corrected chi connectivity index (χ0v) is 11.9. The van der Waals surface area contributed by atoms with Crippen molar-refractivity contribution in [1.82, 2.24) is 0 Å². The molecule has 4 heteroatoms. The number of halogens is 2. The molecule has 3 N–H and O–H groups in total. The van der Waals surface area contributed by atoms with Gasteiger partial charge in [0.15, 0.2) is 0 Å². The van der Waals surface area contributed by atoms with E-state index in [2.05, 4.69) is 31.9 Å². The number of hydrogen-bond donors (Lipinski definition) is 2. The molecule has 0 saturated carbocycles. The number of benzene rings is 1. The lowest BCUT2D eigenvalue weighted by molar-refractivity contribution is 0.0977. The van der Waals surface area contributed by atoms with Gasteiger partial charge in [0.2, 0.25) is 0 Å². The highest BCUT2D eigenvalue weighted by Gasteiger charge is 2.21. The molecule has 15 heavy (non-hydrogen) atoms. The minimum absolute atomic E-state index is 0.144. The summed E-state index contributed by atoms with van der Waals surface area (Å²) in [5.41, 5.74) is 6.93. The number of hydrogen-bond acceptors (Lipinski definition) is 2. The summed E-state index contributed by atoms with van der Waals surface area (Å²) in [5, 5.41) is 9.90. The molecule has 0 saturated heterocycles. The minimum atomic E-state index is -0.532.